The molecule has 0 spiro atoms. The molecule has 0 fully saturated rings. The molecule has 0 aliphatic rings. The van der Waals surface area contributed by atoms with Gasteiger partial charge in [0.15, 0.2) is 0 Å². The molecule has 0 saturated heterocycles. The molecule has 0 amide bonds. The first-order valence-corrected chi connectivity index (χ1v) is 4.70. The quantitative estimate of drug-likeness (QED) is 0.782. The lowest BCUT2D eigenvalue weighted by Gasteiger charge is -2.07. The number of carbonyl (C=O) groups excluding carboxylic acids is 1. The van der Waals surface area contributed by atoms with Crippen LogP contribution in [0.4, 0.5) is 13.2 Å². The number of benzene rings is 1. The van der Waals surface area contributed by atoms with Gasteiger partial charge in [-0.25, -0.2) is 4.79 Å². The van der Waals surface area contributed by atoms with E-state index in [2.05, 4.69) is 9.72 Å². The second-order valence-corrected chi connectivity index (χ2v) is 3.42. The number of halogens is 3. The summed E-state index contributed by atoms with van der Waals surface area (Å²) in [5, 5.41) is 0.201. The van der Waals surface area contributed by atoms with Crippen molar-refractivity contribution in [3.63, 3.8) is 0 Å². The Morgan fingerprint density at radius 1 is 1.35 bits per heavy atom. The highest BCUT2D eigenvalue weighted by Crippen LogP contribution is 2.35. The van der Waals surface area contributed by atoms with Gasteiger partial charge in [-0.15, -0.1) is 0 Å². The molecule has 0 aliphatic carbocycles. The van der Waals surface area contributed by atoms with Crippen LogP contribution in [-0.4, -0.2) is 18.1 Å². The molecule has 6 heteroatoms. The largest absolute Gasteiger partial charge is 0.465 e. The molecule has 2 aromatic rings. The number of alkyl halides is 3. The third-order valence-corrected chi connectivity index (χ3v) is 2.43. The van der Waals surface area contributed by atoms with Gasteiger partial charge in [-0.1, -0.05) is 12.1 Å². The smallest absolute Gasteiger partial charge is 0.418 e. The van der Waals surface area contributed by atoms with Gasteiger partial charge in [-0.2, -0.15) is 13.2 Å². The number of hydrogen-bond acceptors (Lipinski definition) is 2. The maximum absolute atomic E-state index is 12.7. The zero-order valence-corrected chi connectivity index (χ0v) is 8.76. The normalized spacial score (nSPS) is 11.8. The first-order chi connectivity index (χ1) is 7.95. The van der Waals surface area contributed by atoms with Crippen molar-refractivity contribution in [2.24, 2.45) is 0 Å². The van der Waals surface area contributed by atoms with E-state index in [1.807, 2.05) is 0 Å². The van der Waals surface area contributed by atoms with Gasteiger partial charge in [0.2, 0.25) is 0 Å². The SMILES string of the molecule is COC(=O)c1c[nH]c2c(C(F)(F)F)cccc12. The molecule has 0 atom stereocenters. The van der Waals surface area contributed by atoms with Gasteiger partial charge in [0.25, 0.3) is 0 Å². The highest BCUT2D eigenvalue weighted by molar-refractivity contribution is 6.04. The van der Waals surface area contributed by atoms with Crippen LogP contribution in [0, 0.1) is 0 Å². The number of ether oxygens (including phenoxy) is 1. The summed E-state index contributed by atoms with van der Waals surface area (Å²) in [6, 6.07) is 3.65. The molecule has 17 heavy (non-hydrogen) atoms. The number of H-pyrrole nitrogens is 1. The van der Waals surface area contributed by atoms with Crippen molar-refractivity contribution in [2.45, 2.75) is 6.18 Å². The molecule has 0 radical (unpaired) electrons. The Kier molecular flexibility index (Phi) is 2.57. The van der Waals surface area contributed by atoms with Crippen LogP contribution in [0.15, 0.2) is 24.4 Å². The van der Waals surface area contributed by atoms with Gasteiger partial charge in [0.1, 0.15) is 0 Å². The van der Waals surface area contributed by atoms with Crippen LogP contribution in [0.1, 0.15) is 15.9 Å². The number of aromatic nitrogens is 1. The molecule has 1 aromatic heterocycles. The van der Waals surface area contributed by atoms with Crippen molar-refractivity contribution in [2.75, 3.05) is 7.11 Å². The Balaban J connectivity index is 2.69. The van der Waals surface area contributed by atoms with E-state index in [-0.39, 0.29) is 16.5 Å². The first-order valence-electron chi connectivity index (χ1n) is 4.70. The van der Waals surface area contributed by atoms with Gasteiger partial charge in [-0.3, -0.25) is 0 Å². The zero-order valence-electron chi connectivity index (χ0n) is 8.76. The van der Waals surface area contributed by atoms with Crippen molar-refractivity contribution >= 4 is 16.9 Å². The number of nitrogens with one attached hydrogen (secondary N) is 1. The molecule has 0 unspecified atom stereocenters. The van der Waals surface area contributed by atoms with Crippen molar-refractivity contribution in [3.8, 4) is 0 Å². The van der Waals surface area contributed by atoms with E-state index in [9.17, 15) is 18.0 Å². The number of fused-ring (bicyclic) bond motifs is 1. The standard InChI is InChI=1S/C11H8F3NO2/c1-17-10(16)7-5-15-9-6(7)3-2-4-8(9)11(12,13)14/h2-5,15H,1H3. The lowest BCUT2D eigenvalue weighted by molar-refractivity contribution is -0.136. The van der Waals surface area contributed by atoms with Crippen LogP contribution in [-0.2, 0) is 10.9 Å². The first kappa shape index (κ1) is 11.5. The van der Waals surface area contributed by atoms with Gasteiger partial charge < -0.3 is 9.72 Å². The minimum atomic E-state index is -4.46. The summed E-state index contributed by atoms with van der Waals surface area (Å²) < 4.78 is 42.5. The molecule has 90 valence electrons. The summed E-state index contributed by atoms with van der Waals surface area (Å²) in [4.78, 5) is 13.8. The molecule has 1 N–H and O–H groups in total. The van der Waals surface area contributed by atoms with Crippen molar-refractivity contribution in [1.82, 2.24) is 4.98 Å². The summed E-state index contributed by atoms with van der Waals surface area (Å²) in [5.41, 5.74) is -0.820. The molecular formula is C11H8F3NO2. The third kappa shape index (κ3) is 1.86. The lowest BCUT2D eigenvalue weighted by Crippen LogP contribution is -2.05. The van der Waals surface area contributed by atoms with Crippen LogP contribution in [0.2, 0.25) is 0 Å². The van der Waals surface area contributed by atoms with Gasteiger partial charge in [-0.05, 0) is 6.07 Å². The molecule has 1 heterocycles. The number of rotatable bonds is 1. The molecule has 2 rings (SSSR count). The average molecular weight is 243 g/mol. The monoisotopic (exact) mass is 243 g/mol. The number of hydrogen-bond donors (Lipinski definition) is 1. The maximum Gasteiger partial charge on any atom is 0.418 e. The minimum absolute atomic E-state index is 0.0913. The number of aromatic amines is 1. The molecule has 1 aromatic carbocycles. The van der Waals surface area contributed by atoms with Gasteiger partial charge in [0.05, 0.1) is 23.8 Å². The number of esters is 1. The van der Waals surface area contributed by atoms with E-state index in [4.69, 9.17) is 0 Å². The molecule has 3 nitrogen and oxygen atoms in total. The van der Waals surface area contributed by atoms with E-state index in [0.717, 1.165) is 6.07 Å². The summed E-state index contributed by atoms with van der Waals surface area (Å²) in [6.45, 7) is 0. The topological polar surface area (TPSA) is 42.1 Å². The molecule has 0 bridgehead atoms. The minimum Gasteiger partial charge on any atom is -0.465 e. The fraction of sp³-hybridized carbons (Fsp3) is 0.182. The van der Waals surface area contributed by atoms with Crippen LogP contribution < -0.4 is 0 Å². The van der Waals surface area contributed by atoms with E-state index in [0.29, 0.717) is 0 Å². The molecule has 0 aliphatic heterocycles. The second-order valence-electron chi connectivity index (χ2n) is 3.42. The van der Waals surface area contributed by atoms with Crippen LogP contribution in [0.25, 0.3) is 10.9 Å². The van der Waals surface area contributed by atoms with E-state index >= 15 is 0 Å². The Hall–Kier alpha value is -1.98. The van der Waals surface area contributed by atoms with Crippen molar-refractivity contribution in [3.05, 3.63) is 35.5 Å². The van der Waals surface area contributed by atoms with Crippen molar-refractivity contribution < 1.29 is 22.7 Å². The van der Waals surface area contributed by atoms with E-state index in [1.165, 1.54) is 25.4 Å². The fourth-order valence-corrected chi connectivity index (χ4v) is 1.67. The Morgan fingerprint density at radius 3 is 2.65 bits per heavy atom. The maximum atomic E-state index is 12.7. The summed E-state index contributed by atoms with van der Waals surface area (Å²) in [5.74, 6) is -0.671. The van der Waals surface area contributed by atoms with Crippen LogP contribution in [0.3, 0.4) is 0 Å². The Labute approximate surface area is 94.2 Å². The fourth-order valence-electron chi connectivity index (χ4n) is 1.67. The molecule has 0 saturated carbocycles. The second kappa shape index (κ2) is 3.80. The summed E-state index contributed by atoms with van der Waals surface area (Å²) in [7, 11) is 1.18. The van der Waals surface area contributed by atoms with Gasteiger partial charge in [0, 0.05) is 11.6 Å². The Bertz CT molecular complexity index is 572. The van der Waals surface area contributed by atoms with Crippen LogP contribution in [0.5, 0.6) is 0 Å². The van der Waals surface area contributed by atoms with Crippen LogP contribution >= 0.6 is 0 Å². The number of methoxy groups -OCH3 is 1. The third-order valence-electron chi connectivity index (χ3n) is 2.43. The highest BCUT2D eigenvalue weighted by Gasteiger charge is 2.33. The molecular weight excluding hydrogens is 235 g/mol. The number of para-hydroxylation sites is 1. The average Bonchev–Trinajstić information content (AvgIpc) is 2.69. The summed E-state index contributed by atoms with van der Waals surface area (Å²) in [6.07, 6.45) is -3.25. The van der Waals surface area contributed by atoms with E-state index < -0.39 is 17.7 Å². The lowest BCUT2D eigenvalue weighted by atomic mass is 10.1. The predicted molar refractivity (Wildman–Crippen MR) is 54.6 cm³/mol. The predicted octanol–water partition coefficient (Wildman–Crippen LogP) is 2.97. The van der Waals surface area contributed by atoms with Crippen molar-refractivity contribution in [1.29, 1.82) is 0 Å². The number of carbonyl (C=O) groups is 1. The highest BCUT2D eigenvalue weighted by atomic mass is 19.4. The zero-order chi connectivity index (χ0) is 12.6. The Morgan fingerprint density at radius 2 is 2.06 bits per heavy atom. The van der Waals surface area contributed by atoms with E-state index in [1.54, 1.807) is 0 Å². The summed E-state index contributed by atoms with van der Waals surface area (Å²) >= 11 is 0. The van der Waals surface area contributed by atoms with Gasteiger partial charge >= 0.3 is 12.1 Å².